The van der Waals surface area contributed by atoms with E-state index in [9.17, 15) is 13.2 Å². The Bertz CT molecular complexity index is 542. The molecular formula is C10H15N3O4S. The Labute approximate surface area is 105 Å². The van der Waals surface area contributed by atoms with Gasteiger partial charge >= 0.3 is 5.97 Å². The summed E-state index contributed by atoms with van der Waals surface area (Å²) in [6.07, 6.45) is 0. The largest absolute Gasteiger partial charge is 0.478 e. The van der Waals surface area contributed by atoms with E-state index in [2.05, 4.69) is 9.44 Å². The molecule has 0 radical (unpaired) electrons. The number of nitrogens with two attached hydrogens (primary N) is 1. The van der Waals surface area contributed by atoms with Gasteiger partial charge in [-0.2, -0.15) is 13.1 Å². The van der Waals surface area contributed by atoms with Crippen LogP contribution in [-0.2, 0) is 10.2 Å². The zero-order valence-electron chi connectivity index (χ0n) is 9.80. The fourth-order valence-corrected chi connectivity index (χ4v) is 2.21. The summed E-state index contributed by atoms with van der Waals surface area (Å²) < 4.78 is 27.6. The molecule has 18 heavy (non-hydrogen) atoms. The van der Waals surface area contributed by atoms with E-state index in [1.807, 2.05) is 0 Å². The minimum absolute atomic E-state index is 0.0112. The predicted molar refractivity (Wildman–Crippen MR) is 67.7 cm³/mol. The van der Waals surface area contributed by atoms with Crippen molar-refractivity contribution in [3.8, 4) is 0 Å². The standard InChI is InChI=1S/C10H15N3O4S/c1-7-2-3-8(10(14)15)6-9(7)13-18(16,17)12-5-4-11/h2-3,6,12-13H,4-5,11H2,1H3,(H,14,15). The maximum absolute atomic E-state index is 11.6. The minimum atomic E-state index is -3.73. The smallest absolute Gasteiger partial charge is 0.335 e. The van der Waals surface area contributed by atoms with E-state index in [1.165, 1.54) is 18.2 Å². The number of benzene rings is 1. The Hall–Kier alpha value is -1.64. The normalized spacial score (nSPS) is 11.2. The first-order chi connectivity index (χ1) is 8.35. The molecule has 0 atom stereocenters. The van der Waals surface area contributed by atoms with Gasteiger partial charge in [-0.3, -0.25) is 4.72 Å². The Morgan fingerprint density at radius 2 is 2.11 bits per heavy atom. The second-order valence-electron chi connectivity index (χ2n) is 3.62. The molecule has 8 heteroatoms. The lowest BCUT2D eigenvalue weighted by atomic mass is 10.1. The number of aryl methyl sites for hydroxylation is 1. The van der Waals surface area contributed by atoms with E-state index in [4.69, 9.17) is 10.8 Å². The van der Waals surface area contributed by atoms with Crippen LogP contribution in [0.2, 0.25) is 0 Å². The Morgan fingerprint density at radius 1 is 1.44 bits per heavy atom. The molecule has 0 saturated carbocycles. The summed E-state index contributed by atoms with van der Waals surface area (Å²) in [5, 5.41) is 8.83. The van der Waals surface area contributed by atoms with Crippen LogP contribution in [0.5, 0.6) is 0 Å². The zero-order valence-corrected chi connectivity index (χ0v) is 10.6. The second kappa shape index (κ2) is 5.80. The van der Waals surface area contributed by atoms with Gasteiger partial charge in [0.25, 0.3) is 10.2 Å². The average molecular weight is 273 g/mol. The molecule has 0 bridgehead atoms. The highest BCUT2D eigenvalue weighted by molar-refractivity contribution is 7.90. The van der Waals surface area contributed by atoms with Crippen molar-refractivity contribution in [1.29, 1.82) is 0 Å². The molecule has 0 fully saturated rings. The molecular weight excluding hydrogens is 258 g/mol. The number of hydrogen-bond acceptors (Lipinski definition) is 4. The van der Waals surface area contributed by atoms with E-state index in [0.29, 0.717) is 5.56 Å². The quantitative estimate of drug-likeness (QED) is 0.576. The van der Waals surface area contributed by atoms with Crippen molar-refractivity contribution < 1.29 is 18.3 Å². The lowest BCUT2D eigenvalue weighted by molar-refractivity contribution is 0.0697. The highest BCUT2D eigenvalue weighted by atomic mass is 32.2. The fourth-order valence-electron chi connectivity index (χ4n) is 1.24. The number of anilines is 1. The number of rotatable bonds is 6. The van der Waals surface area contributed by atoms with Crippen molar-refractivity contribution in [1.82, 2.24) is 4.72 Å². The van der Waals surface area contributed by atoms with E-state index in [-0.39, 0.29) is 24.3 Å². The molecule has 0 saturated heterocycles. The van der Waals surface area contributed by atoms with Crippen molar-refractivity contribution in [3.05, 3.63) is 29.3 Å². The third kappa shape index (κ3) is 3.99. The lowest BCUT2D eigenvalue weighted by Gasteiger charge is -2.11. The van der Waals surface area contributed by atoms with Gasteiger partial charge in [-0.05, 0) is 24.6 Å². The monoisotopic (exact) mass is 273 g/mol. The molecule has 0 spiro atoms. The van der Waals surface area contributed by atoms with Crippen molar-refractivity contribution in [2.75, 3.05) is 17.8 Å². The summed E-state index contributed by atoms with van der Waals surface area (Å²) in [6, 6.07) is 4.20. The van der Waals surface area contributed by atoms with Gasteiger partial charge in [0.2, 0.25) is 0 Å². The summed E-state index contributed by atoms with van der Waals surface area (Å²) in [5.41, 5.74) is 6.05. The molecule has 7 nitrogen and oxygen atoms in total. The number of carbonyl (C=O) groups is 1. The van der Waals surface area contributed by atoms with E-state index >= 15 is 0 Å². The van der Waals surface area contributed by atoms with Gasteiger partial charge in [0.1, 0.15) is 0 Å². The van der Waals surface area contributed by atoms with E-state index in [0.717, 1.165) is 0 Å². The molecule has 0 unspecified atom stereocenters. The first-order valence-electron chi connectivity index (χ1n) is 5.17. The third-order valence-corrected chi connectivity index (χ3v) is 3.24. The van der Waals surface area contributed by atoms with Crippen LogP contribution in [0.4, 0.5) is 5.69 Å². The predicted octanol–water partition coefficient (Wildman–Crippen LogP) is -0.102. The summed E-state index contributed by atoms with van der Waals surface area (Å²) in [4.78, 5) is 10.8. The van der Waals surface area contributed by atoms with Crippen LogP contribution < -0.4 is 15.2 Å². The Morgan fingerprint density at radius 3 is 2.67 bits per heavy atom. The topological polar surface area (TPSA) is 122 Å². The van der Waals surface area contributed by atoms with Gasteiger partial charge < -0.3 is 10.8 Å². The SMILES string of the molecule is Cc1ccc(C(=O)O)cc1NS(=O)(=O)NCCN. The van der Waals surface area contributed by atoms with Gasteiger partial charge in [0.15, 0.2) is 0 Å². The third-order valence-electron chi connectivity index (χ3n) is 2.17. The molecule has 0 aliphatic rings. The highest BCUT2D eigenvalue weighted by Gasteiger charge is 2.12. The molecule has 0 aliphatic carbocycles. The van der Waals surface area contributed by atoms with Crippen LogP contribution in [0.15, 0.2) is 18.2 Å². The lowest BCUT2D eigenvalue weighted by Crippen LogP contribution is -2.34. The average Bonchev–Trinajstić information content (AvgIpc) is 2.29. The number of nitrogens with one attached hydrogen (secondary N) is 2. The van der Waals surface area contributed by atoms with Crippen LogP contribution in [0.1, 0.15) is 15.9 Å². The van der Waals surface area contributed by atoms with Gasteiger partial charge in [-0.25, -0.2) is 4.79 Å². The van der Waals surface area contributed by atoms with Crippen molar-refractivity contribution >= 4 is 21.9 Å². The molecule has 0 aromatic heterocycles. The van der Waals surface area contributed by atoms with Gasteiger partial charge in [0.05, 0.1) is 11.3 Å². The number of carboxylic acid groups (broad SMARTS) is 1. The van der Waals surface area contributed by atoms with Crippen LogP contribution in [0.25, 0.3) is 0 Å². The van der Waals surface area contributed by atoms with Crippen LogP contribution in [0.3, 0.4) is 0 Å². The molecule has 0 aliphatic heterocycles. The van der Waals surface area contributed by atoms with Crippen molar-refractivity contribution in [2.24, 2.45) is 5.73 Å². The first kappa shape index (κ1) is 14.4. The zero-order chi connectivity index (χ0) is 13.8. The summed E-state index contributed by atoms with van der Waals surface area (Å²) in [5.74, 6) is -1.12. The number of carboxylic acids is 1. The molecule has 0 amide bonds. The maximum atomic E-state index is 11.6. The van der Waals surface area contributed by atoms with Gasteiger partial charge in [-0.15, -0.1) is 0 Å². The summed E-state index contributed by atoms with van der Waals surface area (Å²) in [7, 11) is -3.73. The van der Waals surface area contributed by atoms with E-state index in [1.54, 1.807) is 6.92 Å². The summed E-state index contributed by atoms with van der Waals surface area (Å²) >= 11 is 0. The summed E-state index contributed by atoms with van der Waals surface area (Å²) in [6.45, 7) is 1.95. The van der Waals surface area contributed by atoms with Crippen molar-refractivity contribution in [3.63, 3.8) is 0 Å². The fraction of sp³-hybridized carbons (Fsp3) is 0.300. The number of aromatic carboxylic acids is 1. The molecule has 1 aromatic rings. The Balaban J connectivity index is 2.96. The molecule has 0 heterocycles. The van der Waals surface area contributed by atoms with Crippen molar-refractivity contribution in [2.45, 2.75) is 6.92 Å². The molecule has 1 aromatic carbocycles. The van der Waals surface area contributed by atoms with Crippen LogP contribution in [0, 0.1) is 6.92 Å². The molecule has 100 valence electrons. The maximum Gasteiger partial charge on any atom is 0.335 e. The minimum Gasteiger partial charge on any atom is -0.478 e. The van der Waals surface area contributed by atoms with Crippen LogP contribution in [-0.4, -0.2) is 32.6 Å². The number of hydrogen-bond donors (Lipinski definition) is 4. The first-order valence-corrected chi connectivity index (χ1v) is 6.65. The molecule has 1 rings (SSSR count). The highest BCUT2D eigenvalue weighted by Crippen LogP contribution is 2.17. The molecule has 5 N–H and O–H groups in total. The Kier molecular flexibility index (Phi) is 4.65. The van der Waals surface area contributed by atoms with Gasteiger partial charge in [0, 0.05) is 13.1 Å². The van der Waals surface area contributed by atoms with E-state index < -0.39 is 16.2 Å². The van der Waals surface area contributed by atoms with Crippen LogP contribution >= 0.6 is 0 Å². The second-order valence-corrected chi connectivity index (χ2v) is 5.12. The van der Waals surface area contributed by atoms with Gasteiger partial charge in [-0.1, -0.05) is 6.07 Å².